The molecule has 0 amide bonds. The Kier molecular flexibility index (Phi) is 8.46. The Bertz CT molecular complexity index is 76.3. The molecule has 3 nitrogen and oxygen atoms in total. The van der Waals surface area contributed by atoms with Crippen molar-refractivity contribution in [3.05, 3.63) is 0 Å². The van der Waals surface area contributed by atoms with Gasteiger partial charge in [0.2, 0.25) is 0 Å². The van der Waals surface area contributed by atoms with Gasteiger partial charge < -0.3 is 0 Å². The predicted molar refractivity (Wildman–Crippen MR) is 16.8 cm³/mol. The van der Waals surface area contributed by atoms with E-state index in [-0.39, 0.29) is 29.6 Å². The topological polar surface area (TPSA) is 51.2 Å². The molecule has 0 spiro atoms. The fraction of sp³-hybridized carbons (Fsp3) is 0. The van der Waals surface area contributed by atoms with Gasteiger partial charge in [0, 0.05) is 0 Å². The van der Waals surface area contributed by atoms with Crippen LogP contribution in [0, 0.1) is 0 Å². The molecule has 0 aliphatic carbocycles. The van der Waals surface area contributed by atoms with Crippen molar-refractivity contribution in [1.82, 2.24) is 0 Å². The number of rotatable bonds is 0. The van der Waals surface area contributed by atoms with E-state index in [1.807, 2.05) is 0 Å². The van der Waals surface area contributed by atoms with Crippen LogP contribution in [0.2, 0.25) is 0 Å². The monoisotopic (exact) mass is 104 g/mol. The van der Waals surface area contributed by atoms with Gasteiger partial charge in [0.25, 0.3) is 0 Å². The molecule has 0 aromatic carbocycles. The number of hydrogen-bond donors (Lipinski definition) is 0. The van der Waals surface area contributed by atoms with Gasteiger partial charge in [-0.1, -0.05) is 0 Å². The Morgan fingerprint density at radius 3 is 1.00 bits per heavy atom. The molecule has 0 heterocycles. The third kappa shape index (κ3) is 82.5. The molecule has 5 heavy (non-hydrogen) atoms. The maximum absolute atomic E-state index is 8.44. The summed E-state index contributed by atoms with van der Waals surface area (Å²) in [4.78, 5) is 0. The summed E-state index contributed by atoms with van der Waals surface area (Å²) in [5, 5.41) is 0. The van der Waals surface area contributed by atoms with Crippen LogP contribution in [0.1, 0.15) is 0 Å². The first kappa shape index (κ1) is 9.15. The van der Waals surface area contributed by atoms with Crippen molar-refractivity contribution >= 4 is 40.2 Å². The molecule has 0 saturated carbocycles. The molecular weight excluding hydrogens is 103 g/mol. The molecule has 0 saturated heterocycles. The van der Waals surface area contributed by atoms with E-state index in [1.165, 1.54) is 0 Å². The van der Waals surface area contributed by atoms with Gasteiger partial charge in [-0.15, -0.1) is 12.6 Å². The fourth-order valence-corrected chi connectivity index (χ4v) is 0. The summed E-state index contributed by atoms with van der Waals surface area (Å²) in [6, 6.07) is 0. The second-order valence-corrected chi connectivity index (χ2v) is 0.612. The third-order valence-electron chi connectivity index (χ3n) is 0. The van der Waals surface area contributed by atoms with Crippen molar-refractivity contribution < 1.29 is 12.6 Å². The van der Waals surface area contributed by atoms with E-state index in [4.69, 9.17) is 12.6 Å². The summed E-state index contributed by atoms with van der Waals surface area (Å²) in [6.07, 6.45) is 0. The van der Waals surface area contributed by atoms with Crippen LogP contribution < -0.4 is 0 Å². The molecule has 0 aromatic heterocycles. The second-order valence-electron chi connectivity index (χ2n) is 0.204. The average Bonchev–Trinajstić information content (AvgIpc) is 0.811. The molecule has 0 aliphatic rings. The maximum atomic E-state index is 8.44. The SMILES string of the molecule is O=S(=O)=O.[NaH]. The minimum absolute atomic E-state index is 0. The van der Waals surface area contributed by atoms with E-state index in [9.17, 15) is 0 Å². The molecule has 0 N–H and O–H groups in total. The molecule has 0 radical (unpaired) electrons. The average molecular weight is 104 g/mol. The zero-order chi connectivity index (χ0) is 3.58. The summed E-state index contributed by atoms with van der Waals surface area (Å²) < 4.78 is 25.3. The Labute approximate surface area is 52.7 Å². The van der Waals surface area contributed by atoms with Crippen LogP contribution in [0.3, 0.4) is 0 Å². The molecule has 0 aliphatic heterocycles. The van der Waals surface area contributed by atoms with Gasteiger partial charge in [0.05, 0.1) is 0 Å². The van der Waals surface area contributed by atoms with Crippen LogP contribution in [0.4, 0.5) is 0 Å². The van der Waals surface area contributed by atoms with Crippen LogP contribution in [0.25, 0.3) is 0 Å². The van der Waals surface area contributed by atoms with Crippen molar-refractivity contribution in [2.75, 3.05) is 0 Å². The predicted octanol–water partition coefficient (Wildman–Crippen LogP) is -1.65. The molecular formula is HNaO3S. The Balaban J connectivity index is 0. The van der Waals surface area contributed by atoms with E-state index in [0.717, 1.165) is 0 Å². The Morgan fingerprint density at radius 2 is 1.00 bits per heavy atom. The van der Waals surface area contributed by atoms with Gasteiger partial charge in [-0.3, -0.25) is 0 Å². The van der Waals surface area contributed by atoms with E-state index in [2.05, 4.69) is 0 Å². The first-order valence-corrected chi connectivity index (χ1v) is 1.50. The minimum atomic E-state index is -3.11. The molecule has 0 bridgehead atoms. The van der Waals surface area contributed by atoms with Crippen molar-refractivity contribution in [3.8, 4) is 0 Å². The summed E-state index contributed by atoms with van der Waals surface area (Å²) in [5.41, 5.74) is 0. The fourth-order valence-electron chi connectivity index (χ4n) is 0. The Hall–Kier alpha value is 0.620. The molecule has 26 valence electrons. The summed E-state index contributed by atoms with van der Waals surface area (Å²) in [6.45, 7) is 0. The molecule has 5 heteroatoms. The van der Waals surface area contributed by atoms with Gasteiger partial charge in [-0.2, -0.15) is 0 Å². The summed E-state index contributed by atoms with van der Waals surface area (Å²) in [5.74, 6) is 0. The first-order chi connectivity index (χ1) is 1.73. The van der Waals surface area contributed by atoms with E-state index >= 15 is 0 Å². The van der Waals surface area contributed by atoms with Gasteiger partial charge in [-0.25, -0.2) is 0 Å². The zero-order valence-corrected chi connectivity index (χ0v) is 2.45. The van der Waals surface area contributed by atoms with Crippen molar-refractivity contribution in [3.63, 3.8) is 0 Å². The normalized spacial score (nSPS) is 4.80. The van der Waals surface area contributed by atoms with Gasteiger partial charge in [0.1, 0.15) is 0 Å². The van der Waals surface area contributed by atoms with Crippen molar-refractivity contribution in [1.29, 1.82) is 0 Å². The molecule has 0 fully saturated rings. The van der Waals surface area contributed by atoms with Crippen molar-refractivity contribution in [2.45, 2.75) is 0 Å². The Morgan fingerprint density at radius 1 is 1.00 bits per heavy atom. The van der Waals surface area contributed by atoms with E-state index in [1.54, 1.807) is 0 Å². The second kappa shape index (κ2) is 4.62. The van der Waals surface area contributed by atoms with Crippen LogP contribution in [0.15, 0.2) is 0 Å². The molecule has 0 rings (SSSR count). The van der Waals surface area contributed by atoms with Crippen molar-refractivity contribution in [2.24, 2.45) is 0 Å². The third-order valence-corrected chi connectivity index (χ3v) is 0. The molecule has 0 unspecified atom stereocenters. The molecule has 0 aromatic rings. The van der Waals surface area contributed by atoms with E-state index in [0.29, 0.717) is 0 Å². The zero-order valence-electron chi connectivity index (χ0n) is 1.63. The van der Waals surface area contributed by atoms with Gasteiger partial charge in [0.15, 0.2) is 0 Å². The standard InChI is InChI=1S/Na.O3S.H/c;1-4(2)3;. The quantitative estimate of drug-likeness (QED) is 0.346. The summed E-state index contributed by atoms with van der Waals surface area (Å²) in [7, 11) is -3.11. The van der Waals surface area contributed by atoms with Crippen LogP contribution >= 0.6 is 0 Å². The molecule has 0 atom stereocenters. The number of hydrogen-bond acceptors (Lipinski definition) is 3. The van der Waals surface area contributed by atoms with Gasteiger partial charge >= 0.3 is 40.2 Å². The first-order valence-electron chi connectivity index (χ1n) is 0.500. The van der Waals surface area contributed by atoms with Crippen LogP contribution in [-0.4, -0.2) is 42.2 Å². The summed E-state index contributed by atoms with van der Waals surface area (Å²) >= 11 is 0. The van der Waals surface area contributed by atoms with Crippen LogP contribution in [-0.2, 0) is 10.6 Å². The van der Waals surface area contributed by atoms with Gasteiger partial charge in [-0.05, 0) is 0 Å². The van der Waals surface area contributed by atoms with E-state index < -0.39 is 10.6 Å². The van der Waals surface area contributed by atoms with Crippen LogP contribution in [0.5, 0.6) is 0 Å².